The molecule has 0 bridgehead atoms. The highest BCUT2D eigenvalue weighted by Crippen LogP contribution is 2.19. The molecule has 1 amide bonds. The van der Waals surface area contributed by atoms with E-state index in [0.29, 0.717) is 11.3 Å². The van der Waals surface area contributed by atoms with Crippen LogP contribution in [0.25, 0.3) is 0 Å². The lowest BCUT2D eigenvalue weighted by atomic mass is 10.0. The van der Waals surface area contributed by atoms with Crippen LogP contribution in [0.15, 0.2) is 12.1 Å². The summed E-state index contributed by atoms with van der Waals surface area (Å²) in [6.45, 7) is 6.67. The molecule has 0 saturated carbocycles. The van der Waals surface area contributed by atoms with Crippen molar-refractivity contribution in [2.24, 2.45) is 5.92 Å². The Kier molecular flexibility index (Phi) is 3.89. The molecule has 110 valence electrons. The van der Waals surface area contributed by atoms with Crippen molar-refractivity contribution in [3.05, 3.63) is 29.1 Å². The predicted molar refractivity (Wildman–Crippen MR) is 78.5 cm³/mol. The van der Waals surface area contributed by atoms with Crippen molar-refractivity contribution >= 4 is 5.91 Å². The van der Waals surface area contributed by atoms with Crippen molar-refractivity contribution in [3.63, 3.8) is 0 Å². The second kappa shape index (κ2) is 5.82. The summed E-state index contributed by atoms with van der Waals surface area (Å²) in [5, 5.41) is 9.16. The average Bonchev–Trinajstić information content (AvgIpc) is 2.98. The molecule has 3 rings (SSSR count). The number of likely N-dealkylation sites (tertiary alicyclic amines) is 2. The Morgan fingerprint density at radius 1 is 1.38 bits per heavy atom. The fraction of sp³-hybridized carbons (Fsp3) is 0.562. The smallest absolute Gasteiger partial charge is 0.272 e. The van der Waals surface area contributed by atoms with Crippen LogP contribution >= 0.6 is 0 Å². The summed E-state index contributed by atoms with van der Waals surface area (Å²) < 4.78 is 0. The van der Waals surface area contributed by atoms with E-state index in [9.17, 15) is 4.79 Å². The lowest BCUT2D eigenvalue weighted by Gasteiger charge is -2.36. The van der Waals surface area contributed by atoms with Gasteiger partial charge in [0, 0.05) is 32.7 Å². The summed E-state index contributed by atoms with van der Waals surface area (Å²) in [7, 11) is 0. The molecule has 0 atom stereocenters. The number of hydrogen-bond acceptors (Lipinski definition) is 4. The van der Waals surface area contributed by atoms with Crippen molar-refractivity contribution in [2.45, 2.75) is 26.3 Å². The minimum Gasteiger partial charge on any atom is -0.337 e. The van der Waals surface area contributed by atoms with Crippen molar-refractivity contribution in [1.82, 2.24) is 14.8 Å². The maximum atomic E-state index is 12.4. The topological polar surface area (TPSA) is 60.2 Å². The van der Waals surface area contributed by atoms with Gasteiger partial charge in [0.25, 0.3) is 5.91 Å². The minimum atomic E-state index is -0.0390. The molecule has 2 aliphatic rings. The highest BCUT2D eigenvalue weighted by atomic mass is 16.2. The van der Waals surface area contributed by atoms with Crippen molar-refractivity contribution in [3.8, 4) is 6.07 Å². The molecule has 0 spiro atoms. The molecule has 1 aromatic heterocycles. The van der Waals surface area contributed by atoms with Crippen LogP contribution in [0.3, 0.4) is 0 Å². The second-order valence-corrected chi connectivity index (χ2v) is 6.14. The van der Waals surface area contributed by atoms with E-state index < -0.39 is 0 Å². The number of hydrogen-bond donors (Lipinski definition) is 0. The molecule has 5 nitrogen and oxygen atoms in total. The number of rotatable bonds is 3. The molecule has 1 aromatic rings. The lowest BCUT2D eigenvalue weighted by Crippen LogP contribution is -2.44. The zero-order valence-corrected chi connectivity index (χ0v) is 12.4. The van der Waals surface area contributed by atoms with Crippen LogP contribution in [-0.4, -0.2) is 46.9 Å². The maximum absolute atomic E-state index is 12.4. The predicted octanol–water partition coefficient (Wildman–Crippen LogP) is 1.64. The Bertz CT molecular complexity index is 580. The molecule has 21 heavy (non-hydrogen) atoms. The largest absolute Gasteiger partial charge is 0.337 e. The van der Waals surface area contributed by atoms with Gasteiger partial charge in [-0.15, -0.1) is 0 Å². The van der Waals surface area contributed by atoms with Gasteiger partial charge >= 0.3 is 0 Å². The average molecular weight is 284 g/mol. The van der Waals surface area contributed by atoms with Crippen LogP contribution in [0.2, 0.25) is 0 Å². The van der Waals surface area contributed by atoms with Crippen LogP contribution in [0.1, 0.15) is 41.5 Å². The maximum Gasteiger partial charge on any atom is 0.272 e. The summed E-state index contributed by atoms with van der Waals surface area (Å²) in [6.07, 6.45) is 2.12. The van der Waals surface area contributed by atoms with Gasteiger partial charge in [-0.05, 0) is 30.9 Å². The number of aromatic nitrogens is 1. The molecule has 2 aliphatic heterocycles. The number of carbonyl (C=O) groups excluding carboxylic acids is 1. The van der Waals surface area contributed by atoms with E-state index in [4.69, 9.17) is 5.26 Å². The molecule has 2 fully saturated rings. The minimum absolute atomic E-state index is 0.0390. The lowest BCUT2D eigenvalue weighted by molar-refractivity contribution is 0.0784. The summed E-state index contributed by atoms with van der Waals surface area (Å²) in [5.41, 5.74) is 1.76. The Labute approximate surface area is 125 Å². The van der Waals surface area contributed by atoms with Gasteiger partial charge in [0.2, 0.25) is 0 Å². The van der Waals surface area contributed by atoms with Crippen molar-refractivity contribution in [1.29, 1.82) is 5.26 Å². The van der Waals surface area contributed by atoms with E-state index in [2.05, 4.69) is 22.9 Å². The molecule has 0 N–H and O–H groups in total. The molecule has 0 aromatic carbocycles. The van der Waals surface area contributed by atoms with Crippen LogP contribution in [0.4, 0.5) is 0 Å². The van der Waals surface area contributed by atoms with E-state index >= 15 is 0 Å². The molecular weight excluding hydrogens is 264 g/mol. The summed E-state index contributed by atoms with van der Waals surface area (Å²) >= 11 is 0. The molecular formula is C16H20N4O. The first-order valence-electron chi connectivity index (χ1n) is 7.58. The van der Waals surface area contributed by atoms with Crippen molar-refractivity contribution < 1.29 is 4.79 Å². The monoisotopic (exact) mass is 284 g/mol. The van der Waals surface area contributed by atoms with Gasteiger partial charge in [-0.3, -0.25) is 9.69 Å². The Morgan fingerprint density at radius 2 is 2.10 bits per heavy atom. The van der Waals surface area contributed by atoms with Gasteiger partial charge in [0.1, 0.15) is 5.69 Å². The Morgan fingerprint density at radius 3 is 2.71 bits per heavy atom. The van der Waals surface area contributed by atoms with Gasteiger partial charge in [0.05, 0.1) is 17.3 Å². The van der Waals surface area contributed by atoms with E-state index in [0.717, 1.165) is 57.2 Å². The molecule has 0 unspecified atom stereocenters. The fourth-order valence-electron chi connectivity index (χ4n) is 3.11. The molecule has 2 saturated heterocycles. The van der Waals surface area contributed by atoms with E-state index in [-0.39, 0.29) is 5.91 Å². The summed E-state index contributed by atoms with van der Waals surface area (Å²) in [5.74, 6) is 0.692. The number of amides is 1. The Hall–Kier alpha value is -1.93. The van der Waals surface area contributed by atoms with Crippen LogP contribution < -0.4 is 0 Å². The van der Waals surface area contributed by atoms with E-state index in [1.165, 1.54) is 0 Å². The molecule has 0 radical (unpaired) electrons. The van der Waals surface area contributed by atoms with Gasteiger partial charge in [0.15, 0.2) is 0 Å². The first-order chi connectivity index (χ1) is 10.2. The van der Waals surface area contributed by atoms with E-state index in [1.807, 2.05) is 4.90 Å². The SMILES string of the molecule is CC1CN(Cc2cc(C#N)cc(C(=O)N3CCCC3)n2)C1. The molecule has 5 heteroatoms. The number of pyridine rings is 1. The van der Waals surface area contributed by atoms with Gasteiger partial charge in [-0.2, -0.15) is 5.26 Å². The zero-order chi connectivity index (χ0) is 14.8. The van der Waals surface area contributed by atoms with Crippen LogP contribution in [0.5, 0.6) is 0 Å². The first kappa shape index (κ1) is 14.0. The quantitative estimate of drug-likeness (QED) is 0.846. The van der Waals surface area contributed by atoms with Gasteiger partial charge < -0.3 is 4.90 Å². The number of carbonyl (C=O) groups is 1. The fourth-order valence-corrected chi connectivity index (χ4v) is 3.11. The van der Waals surface area contributed by atoms with Crippen LogP contribution in [0, 0.1) is 17.2 Å². The third kappa shape index (κ3) is 3.06. The van der Waals surface area contributed by atoms with E-state index in [1.54, 1.807) is 12.1 Å². The van der Waals surface area contributed by atoms with Gasteiger partial charge in [-0.25, -0.2) is 4.98 Å². The third-order valence-electron chi connectivity index (χ3n) is 4.15. The third-order valence-corrected chi connectivity index (χ3v) is 4.15. The molecule has 3 heterocycles. The highest BCUT2D eigenvalue weighted by molar-refractivity contribution is 5.92. The number of nitrogens with zero attached hydrogens (tertiary/aromatic N) is 4. The molecule has 0 aliphatic carbocycles. The van der Waals surface area contributed by atoms with Crippen molar-refractivity contribution in [2.75, 3.05) is 26.2 Å². The first-order valence-corrected chi connectivity index (χ1v) is 7.58. The highest BCUT2D eigenvalue weighted by Gasteiger charge is 2.24. The standard InChI is InChI=1S/C16H20N4O/c1-12-9-19(10-12)11-14-6-13(8-17)7-15(18-14)16(21)20-4-2-3-5-20/h6-7,12H,2-5,9-11H2,1H3. The summed E-state index contributed by atoms with van der Waals surface area (Å²) in [6, 6.07) is 5.55. The Balaban J connectivity index is 1.79. The summed E-state index contributed by atoms with van der Waals surface area (Å²) in [4.78, 5) is 21.0. The zero-order valence-electron chi connectivity index (χ0n) is 12.4. The number of nitriles is 1. The second-order valence-electron chi connectivity index (χ2n) is 6.14. The van der Waals surface area contributed by atoms with Crippen LogP contribution in [-0.2, 0) is 6.54 Å². The van der Waals surface area contributed by atoms with Gasteiger partial charge in [-0.1, -0.05) is 6.92 Å². The normalized spacial score (nSPS) is 19.3.